The van der Waals surface area contributed by atoms with E-state index in [9.17, 15) is 9.90 Å². The van der Waals surface area contributed by atoms with Crippen molar-refractivity contribution in [3.05, 3.63) is 40.2 Å². The highest BCUT2D eigenvalue weighted by molar-refractivity contribution is 5.81. The number of aliphatic hydroxyl groups is 1. The largest absolute Gasteiger partial charge is 0.493 e. The molecule has 0 fully saturated rings. The summed E-state index contributed by atoms with van der Waals surface area (Å²) in [5.41, 5.74) is 0.579. The van der Waals surface area contributed by atoms with Crippen LogP contribution < -0.4 is 10.4 Å². The van der Waals surface area contributed by atoms with Crippen LogP contribution in [0.1, 0.15) is 51.0 Å². The smallest absolute Gasteiger partial charge is 0.336 e. The van der Waals surface area contributed by atoms with Gasteiger partial charge >= 0.3 is 5.63 Å². The molecule has 0 saturated heterocycles. The van der Waals surface area contributed by atoms with E-state index in [1.54, 1.807) is 6.07 Å². The van der Waals surface area contributed by atoms with Crippen LogP contribution >= 0.6 is 0 Å². The van der Waals surface area contributed by atoms with Gasteiger partial charge in [-0.25, -0.2) is 4.79 Å². The van der Waals surface area contributed by atoms with Crippen LogP contribution in [0, 0.1) is 0 Å². The fraction of sp³-hybridized carbons (Fsp3) is 0.500. The molecule has 2 aromatic rings. The van der Waals surface area contributed by atoms with Gasteiger partial charge in [-0.05, 0) is 24.1 Å². The molecule has 0 aliphatic rings. The predicted octanol–water partition coefficient (Wildman–Crippen LogP) is 4.02. The zero-order valence-corrected chi connectivity index (χ0v) is 13.1. The Hall–Kier alpha value is -1.81. The van der Waals surface area contributed by atoms with E-state index in [2.05, 4.69) is 6.92 Å². The molecule has 0 bridgehead atoms. The lowest BCUT2D eigenvalue weighted by Crippen LogP contribution is -2.01. The van der Waals surface area contributed by atoms with Crippen LogP contribution in [0.25, 0.3) is 11.0 Å². The highest BCUT2D eigenvalue weighted by Crippen LogP contribution is 2.23. The average Bonchev–Trinajstić information content (AvgIpc) is 2.52. The number of ether oxygens (including phenoxy) is 1. The minimum Gasteiger partial charge on any atom is -0.493 e. The van der Waals surface area contributed by atoms with Gasteiger partial charge in [-0.1, -0.05) is 39.0 Å². The van der Waals surface area contributed by atoms with E-state index >= 15 is 0 Å². The molecule has 22 heavy (non-hydrogen) atoms. The second kappa shape index (κ2) is 8.59. The first-order valence-electron chi connectivity index (χ1n) is 8.05. The molecular weight excluding hydrogens is 280 g/mol. The lowest BCUT2D eigenvalue weighted by atomic mass is 10.1. The molecule has 0 amide bonds. The molecule has 4 heteroatoms. The van der Waals surface area contributed by atoms with Crippen LogP contribution in [0.15, 0.2) is 33.5 Å². The minimum absolute atomic E-state index is 0.180. The lowest BCUT2D eigenvalue weighted by Gasteiger charge is -2.08. The molecule has 2 rings (SSSR count). The first-order chi connectivity index (χ1) is 10.7. The van der Waals surface area contributed by atoms with Gasteiger partial charge in [0.25, 0.3) is 0 Å². The number of hydrogen-bond donors (Lipinski definition) is 1. The number of unbranched alkanes of at least 4 members (excludes halogenated alkanes) is 5. The van der Waals surface area contributed by atoms with Crippen molar-refractivity contribution >= 4 is 11.0 Å². The van der Waals surface area contributed by atoms with Crippen LogP contribution in [0.4, 0.5) is 0 Å². The number of fused-ring (bicyclic) bond motifs is 1. The monoisotopic (exact) mass is 304 g/mol. The van der Waals surface area contributed by atoms with Crippen molar-refractivity contribution in [1.29, 1.82) is 0 Å². The molecule has 1 aromatic carbocycles. The highest BCUT2D eigenvalue weighted by Gasteiger charge is 2.06. The van der Waals surface area contributed by atoms with Crippen LogP contribution in [0.3, 0.4) is 0 Å². The molecule has 0 atom stereocenters. The molecule has 0 aliphatic heterocycles. The summed E-state index contributed by atoms with van der Waals surface area (Å²) < 4.78 is 10.9. The molecule has 120 valence electrons. The number of rotatable bonds is 9. The standard InChI is InChI=1S/C18H24O4/c1-2-3-4-5-6-7-10-21-15-8-9-16-14(13-19)11-18(20)22-17(16)12-15/h8-9,11-12,19H,2-7,10,13H2,1H3. The van der Waals surface area contributed by atoms with Crippen molar-refractivity contribution in [2.75, 3.05) is 6.61 Å². The number of aliphatic hydroxyl groups excluding tert-OH is 1. The van der Waals surface area contributed by atoms with Crippen molar-refractivity contribution in [1.82, 2.24) is 0 Å². The highest BCUT2D eigenvalue weighted by atomic mass is 16.5. The maximum Gasteiger partial charge on any atom is 0.336 e. The van der Waals surface area contributed by atoms with E-state index in [0.29, 0.717) is 23.5 Å². The number of hydrogen-bond acceptors (Lipinski definition) is 4. The van der Waals surface area contributed by atoms with Crippen molar-refractivity contribution in [3.63, 3.8) is 0 Å². The summed E-state index contributed by atoms with van der Waals surface area (Å²) >= 11 is 0. The Morgan fingerprint density at radius 3 is 2.64 bits per heavy atom. The third-order valence-electron chi connectivity index (χ3n) is 3.74. The summed E-state index contributed by atoms with van der Waals surface area (Å²) in [4.78, 5) is 11.4. The third kappa shape index (κ3) is 4.60. The Kier molecular flexibility index (Phi) is 6.46. The first kappa shape index (κ1) is 16.6. The Balaban J connectivity index is 1.91. The molecule has 4 nitrogen and oxygen atoms in total. The molecule has 1 N–H and O–H groups in total. The Labute approximate surface area is 130 Å². The molecular formula is C18H24O4. The van der Waals surface area contributed by atoms with Gasteiger partial charge in [0.1, 0.15) is 11.3 Å². The maximum absolute atomic E-state index is 11.4. The van der Waals surface area contributed by atoms with Crippen molar-refractivity contribution < 1.29 is 14.3 Å². The van der Waals surface area contributed by atoms with Gasteiger partial charge in [-0.2, -0.15) is 0 Å². The molecule has 1 aromatic heterocycles. The maximum atomic E-state index is 11.4. The van der Waals surface area contributed by atoms with Gasteiger partial charge in [0.2, 0.25) is 0 Å². The van der Waals surface area contributed by atoms with Gasteiger partial charge < -0.3 is 14.3 Å². The normalized spacial score (nSPS) is 11.0. The van der Waals surface area contributed by atoms with Crippen molar-refractivity contribution in [3.8, 4) is 5.75 Å². The quantitative estimate of drug-likeness (QED) is 0.561. The fourth-order valence-electron chi connectivity index (χ4n) is 2.50. The average molecular weight is 304 g/mol. The first-order valence-corrected chi connectivity index (χ1v) is 8.05. The minimum atomic E-state index is -0.454. The van der Waals surface area contributed by atoms with E-state index in [1.807, 2.05) is 12.1 Å². The Morgan fingerprint density at radius 2 is 1.86 bits per heavy atom. The van der Waals surface area contributed by atoms with E-state index in [4.69, 9.17) is 9.15 Å². The summed E-state index contributed by atoms with van der Waals surface area (Å²) in [5, 5.41) is 10.0. The zero-order valence-electron chi connectivity index (χ0n) is 13.1. The van der Waals surface area contributed by atoms with Gasteiger partial charge in [-0.15, -0.1) is 0 Å². The zero-order chi connectivity index (χ0) is 15.8. The van der Waals surface area contributed by atoms with Gasteiger partial charge in [0.15, 0.2) is 0 Å². The molecule has 0 saturated carbocycles. The summed E-state index contributed by atoms with van der Waals surface area (Å²) in [6.07, 6.45) is 7.32. The van der Waals surface area contributed by atoms with E-state index in [0.717, 1.165) is 11.8 Å². The van der Waals surface area contributed by atoms with Gasteiger partial charge in [0.05, 0.1) is 13.2 Å². The van der Waals surface area contributed by atoms with Crippen LogP contribution in [0.2, 0.25) is 0 Å². The molecule has 0 radical (unpaired) electrons. The van der Waals surface area contributed by atoms with Crippen LogP contribution in [-0.4, -0.2) is 11.7 Å². The summed E-state index contributed by atoms with van der Waals surface area (Å²) in [6, 6.07) is 6.70. The second-order valence-corrected chi connectivity index (χ2v) is 5.52. The Morgan fingerprint density at radius 1 is 1.09 bits per heavy atom. The lowest BCUT2D eigenvalue weighted by molar-refractivity contribution is 0.282. The fourth-order valence-corrected chi connectivity index (χ4v) is 2.50. The van der Waals surface area contributed by atoms with Crippen LogP contribution in [0.5, 0.6) is 5.75 Å². The van der Waals surface area contributed by atoms with Crippen molar-refractivity contribution in [2.45, 2.75) is 52.1 Å². The van der Waals surface area contributed by atoms with E-state index in [-0.39, 0.29) is 6.61 Å². The predicted molar refractivity (Wildman–Crippen MR) is 87.3 cm³/mol. The van der Waals surface area contributed by atoms with Crippen LogP contribution in [-0.2, 0) is 6.61 Å². The van der Waals surface area contributed by atoms with Gasteiger partial charge in [-0.3, -0.25) is 0 Å². The number of benzene rings is 1. The summed E-state index contributed by atoms with van der Waals surface area (Å²) in [6.45, 7) is 2.70. The summed E-state index contributed by atoms with van der Waals surface area (Å²) in [7, 11) is 0. The third-order valence-corrected chi connectivity index (χ3v) is 3.74. The summed E-state index contributed by atoms with van der Waals surface area (Å²) in [5.74, 6) is 0.694. The second-order valence-electron chi connectivity index (χ2n) is 5.52. The van der Waals surface area contributed by atoms with Gasteiger partial charge in [0, 0.05) is 17.5 Å². The topological polar surface area (TPSA) is 59.7 Å². The SMILES string of the molecule is CCCCCCCCOc1ccc2c(CO)cc(=O)oc2c1. The molecule has 0 unspecified atom stereocenters. The van der Waals surface area contributed by atoms with E-state index in [1.165, 1.54) is 38.2 Å². The van der Waals surface area contributed by atoms with Crippen molar-refractivity contribution in [2.24, 2.45) is 0 Å². The molecule has 0 spiro atoms. The Bertz CT molecular complexity index is 645. The molecule has 1 heterocycles. The molecule has 0 aliphatic carbocycles. The van der Waals surface area contributed by atoms with E-state index < -0.39 is 5.63 Å².